The number of likely N-dealkylation sites (tertiary alicyclic amines) is 1. The molecule has 0 aromatic carbocycles. The summed E-state index contributed by atoms with van der Waals surface area (Å²) in [6.07, 6.45) is 7.96. The standard InChI is InChI=1S/C23H26N8O3S/c1-13-17(6-15(8-25-13)28-19(33)12-30-5-3-4-16(32)11-30)20-21(14-7-26-29(2)10-14)35-23-18(22(24)34)9-27-31(20)23/h6-10,16,32H,3-5,11-12H2,1-2H3,(H2,24,34)(H,28,33). The number of carbonyl (C=O) groups is 2. The number of amides is 2. The number of anilines is 1. The summed E-state index contributed by atoms with van der Waals surface area (Å²) in [5, 5.41) is 21.5. The first-order valence-corrected chi connectivity index (χ1v) is 12.1. The molecule has 11 nitrogen and oxygen atoms in total. The molecule has 0 saturated carbocycles. The summed E-state index contributed by atoms with van der Waals surface area (Å²) in [6.45, 7) is 3.36. The van der Waals surface area contributed by atoms with Crippen LogP contribution < -0.4 is 11.1 Å². The summed E-state index contributed by atoms with van der Waals surface area (Å²) < 4.78 is 3.40. The molecule has 1 atom stereocenters. The van der Waals surface area contributed by atoms with E-state index in [4.69, 9.17) is 5.73 Å². The lowest BCUT2D eigenvalue weighted by Crippen LogP contribution is -2.42. The van der Waals surface area contributed by atoms with Gasteiger partial charge in [-0.2, -0.15) is 10.2 Å². The zero-order valence-electron chi connectivity index (χ0n) is 19.4. The number of aromatic nitrogens is 5. The first kappa shape index (κ1) is 23.1. The molecule has 182 valence electrons. The Bertz CT molecular complexity index is 1420. The zero-order valence-corrected chi connectivity index (χ0v) is 20.2. The Hall–Kier alpha value is -3.61. The smallest absolute Gasteiger partial charge is 0.253 e. The van der Waals surface area contributed by atoms with Gasteiger partial charge in [0.1, 0.15) is 4.83 Å². The van der Waals surface area contributed by atoms with E-state index < -0.39 is 12.0 Å². The molecule has 35 heavy (non-hydrogen) atoms. The van der Waals surface area contributed by atoms with E-state index in [9.17, 15) is 14.7 Å². The van der Waals surface area contributed by atoms with Crippen molar-refractivity contribution in [2.45, 2.75) is 25.9 Å². The minimum atomic E-state index is -0.552. The predicted molar refractivity (Wildman–Crippen MR) is 132 cm³/mol. The Kier molecular flexibility index (Phi) is 6.09. The molecule has 12 heteroatoms. The molecular formula is C23H26N8O3S. The minimum Gasteiger partial charge on any atom is -0.392 e. The SMILES string of the molecule is Cc1ncc(NC(=O)CN2CCCC(O)C2)cc1-c1c(-c2cnn(C)c2)sc2c(C(N)=O)cnn12. The largest absolute Gasteiger partial charge is 0.392 e. The Morgan fingerprint density at radius 3 is 2.83 bits per heavy atom. The molecular weight excluding hydrogens is 468 g/mol. The average molecular weight is 495 g/mol. The molecule has 1 saturated heterocycles. The van der Waals surface area contributed by atoms with E-state index in [0.29, 0.717) is 22.6 Å². The lowest BCUT2D eigenvalue weighted by Gasteiger charge is -2.29. The molecule has 1 aliphatic rings. The maximum atomic E-state index is 12.7. The topological polar surface area (TPSA) is 144 Å². The van der Waals surface area contributed by atoms with Crippen molar-refractivity contribution in [3.8, 4) is 21.7 Å². The van der Waals surface area contributed by atoms with E-state index in [-0.39, 0.29) is 12.5 Å². The highest BCUT2D eigenvalue weighted by Gasteiger charge is 2.24. The molecule has 4 N–H and O–H groups in total. The van der Waals surface area contributed by atoms with Gasteiger partial charge in [-0.25, -0.2) is 4.52 Å². The van der Waals surface area contributed by atoms with Crippen LogP contribution in [0.3, 0.4) is 0 Å². The van der Waals surface area contributed by atoms with Crippen molar-refractivity contribution in [2.75, 3.05) is 25.0 Å². The monoisotopic (exact) mass is 494 g/mol. The van der Waals surface area contributed by atoms with Crippen LogP contribution in [0.2, 0.25) is 0 Å². The zero-order chi connectivity index (χ0) is 24.7. The van der Waals surface area contributed by atoms with E-state index in [1.54, 1.807) is 21.6 Å². The van der Waals surface area contributed by atoms with E-state index in [2.05, 4.69) is 20.5 Å². The number of aliphatic hydroxyl groups excluding tert-OH is 1. The number of aliphatic hydroxyl groups is 1. The number of nitrogens with one attached hydrogen (secondary N) is 1. The van der Waals surface area contributed by atoms with Crippen molar-refractivity contribution in [3.05, 3.63) is 42.1 Å². The van der Waals surface area contributed by atoms with Gasteiger partial charge in [-0.15, -0.1) is 11.3 Å². The second-order valence-electron chi connectivity index (χ2n) is 8.76. The van der Waals surface area contributed by atoms with E-state index in [0.717, 1.165) is 46.8 Å². The second kappa shape index (κ2) is 9.21. The molecule has 1 aliphatic heterocycles. The van der Waals surface area contributed by atoms with Crippen LogP contribution in [0.4, 0.5) is 5.69 Å². The second-order valence-corrected chi connectivity index (χ2v) is 9.76. The lowest BCUT2D eigenvalue weighted by atomic mass is 10.1. The highest BCUT2D eigenvalue weighted by Crippen LogP contribution is 2.41. The number of thiazole rings is 1. The van der Waals surface area contributed by atoms with Crippen molar-refractivity contribution in [1.82, 2.24) is 29.3 Å². The van der Waals surface area contributed by atoms with Gasteiger partial charge in [0.2, 0.25) is 5.91 Å². The van der Waals surface area contributed by atoms with Gasteiger partial charge in [0.05, 0.1) is 53.1 Å². The number of rotatable bonds is 6. The van der Waals surface area contributed by atoms with Gasteiger partial charge in [0.15, 0.2) is 0 Å². The molecule has 0 spiro atoms. The van der Waals surface area contributed by atoms with Crippen LogP contribution in [0.5, 0.6) is 0 Å². The summed E-state index contributed by atoms with van der Waals surface area (Å²) in [6, 6.07) is 1.86. The number of aryl methyl sites for hydroxylation is 2. The molecule has 4 aromatic rings. The van der Waals surface area contributed by atoms with Crippen molar-refractivity contribution in [1.29, 1.82) is 0 Å². The number of carbonyl (C=O) groups excluding carboxylic acids is 2. The highest BCUT2D eigenvalue weighted by molar-refractivity contribution is 7.21. The highest BCUT2D eigenvalue weighted by atomic mass is 32.1. The Balaban J connectivity index is 1.52. The van der Waals surface area contributed by atoms with Crippen molar-refractivity contribution >= 4 is 33.7 Å². The number of primary amides is 1. The van der Waals surface area contributed by atoms with Crippen LogP contribution >= 0.6 is 11.3 Å². The van der Waals surface area contributed by atoms with Gasteiger partial charge < -0.3 is 16.2 Å². The lowest BCUT2D eigenvalue weighted by molar-refractivity contribution is -0.118. The predicted octanol–water partition coefficient (Wildman–Crippen LogP) is 1.66. The number of hydrogen-bond acceptors (Lipinski definition) is 8. The number of pyridine rings is 1. The summed E-state index contributed by atoms with van der Waals surface area (Å²) in [4.78, 5) is 32.6. The van der Waals surface area contributed by atoms with Crippen LogP contribution in [0, 0.1) is 6.92 Å². The molecule has 5 heterocycles. The third-order valence-corrected chi connectivity index (χ3v) is 7.28. The number of piperidine rings is 1. The maximum Gasteiger partial charge on any atom is 0.253 e. The van der Waals surface area contributed by atoms with E-state index in [1.807, 2.05) is 31.1 Å². The molecule has 1 fully saturated rings. The first-order valence-electron chi connectivity index (χ1n) is 11.3. The van der Waals surface area contributed by atoms with Gasteiger partial charge >= 0.3 is 0 Å². The molecule has 0 radical (unpaired) electrons. The fourth-order valence-electron chi connectivity index (χ4n) is 4.39. The quantitative estimate of drug-likeness (QED) is 0.370. The Labute approximate surface area is 205 Å². The van der Waals surface area contributed by atoms with Gasteiger partial charge in [-0.1, -0.05) is 0 Å². The fraction of sp³-hybridized carbons (Fsp3) is 0.348. The van der Waals surface area contributed by atoms with Crippen LogP contribution in [0.1, 0.15) is 28.9 Å². The number of β-amino-alcohol motifs (C(OH)–C–C–N with tert-alkyl or cyclic N) is 1. The Morgan fingerprint density at radius 2 is 2.11 bits per heavy atom. The number of nitrogens with zero attached hydrogens (tertiary/aromatic N) is 6. The third kappa shape index (κ3) is 4.55. The van der Waals surface area contributed by atoms with Crippen LogP contribution in [-0.4, -0.2) is 71.9 Å². The van der Waals surface area contributed by atoms with Crippen molar-refractivity contribution in [2.24, 2.45) is 12.8 Å². The molecule has 0 aliphatic carbocycles. The van der Waals surface area contributed by atoms with E-state index in [1.165, 1.54) is 17.5 Å². The Morgan fingerprint density at radius 1 is 1.29 bits per heavy atom. The van der Waals surface area contributed by atoms with Crippen molar-refractivity contribution < 1.29 is 14.7 Å². The maximum absolute atomic E-state index is 12.7. The van der Waals surface area contributed by atoms with Gasteiger partial charge in [-0.05, 0) is 32.4 Å². The average Bonchev–Trinajstić information content (AvgIpc) is 3.49. The summed E-state index contributed by atoms with van der Waals surface area (Å²) in [7, 11) is 1.83. The molecule has 0 bridgehead atoms. The van der Waals surface area contributed by atoms with Crippen LogP contribution in [0.15, 0.2) is 30.9 Å². The van der Waals surface area contributed by atoms with Crippen molar-refractivity contribution in [3.63, 3.8) is 0 Å². The van der Waals surface area contributed by atoms with Gasteiger partial charge in [0, 0.05) is 36.6 Å². The molecule has 5 rings (SSSR count). The fourth-order valence-corrected chi connectivity index (χ4v) is 5.59. The summed E-state index contributed by atoms with van der Waals surface area (Å²) in [5.41, 5.74) is 9.58. The van der Waals surface area contributed by atoms with Crippen LogP contribution in [-0.2, 0) is 11.8 Å². The van der Waals surface area contributed by atoms with Gasteiger partial charge in [0.25, 0.3) is 5.91 Å². The number of nitrogens with two attached hydrogens (primary N) is 1. The molecule has 1 unspecified atom stereocenters. The molecule has 4 aromatic heterocycles. The summed E-state index contributed by atoms with van der Waals surface area (Å²) in [5.74, 6) is -0.724. The number of hydrogen-bond donors (Lipinski definition) is 3. The van der Waals surface area contributed by atoms with Crippen LogP contribution in [0.25, 0.3) is 26.5 Å². The summed E-state index contributed by atoms with van der Waals surface area (Å²) >= 11 is 1.40. The number of fused-ring (bicyclic) bond motifs is 1. The normalized spacial score (nSPS) is 16.6. The van der Waals surface area contributed by atoms with Gasteiger partial charge in [-0.3, -0.25) is 24.2 Å². The minimum absolute atomic E-state index is 0.172. The van der Waals surface area contributed by atoms with E-state index >= 15 is 0 Å². The first-order chi connectivity index (χ1) is 16.8. The molecule has 2 amide bonds. The third-order valence-electron chi connectivity index (χ3n) is 6.06.